The molecule has 0 amide bonds. The van der Waals surface area contributed by atoms with Gasteiger partial charge in [-0.2, -0.15) is 0 Å². The average Bonchev–Trinajstić information content (AvgIpc) is 2.57. The molecule has 0 spiro atoms. The molecule has 1 aliphatic carbocycles. The van der Waals surface area contributed by atoms with Gasteiger partial charge in [-0.05, 0) is 17.7 Å². The highest BCUT2D eigenvalue weighted by Gasteiger charge is 2.46. The summed E-state index contributed by atoms with van der Waals surface area (Å²) in [6.07, 6.45) is 5.15. The molecule has 112 valence electrons. The van der Waals surface area contributed by atoms with Gasteiger partial charge in [0.1, 0.15) is 0 Å². The molecule has 3 rings (SSSR count). The third-order valence-electron chi connectivity index (χ3n) is 3.80. The van der Waals surface area contributed by atoms with Gasteiger partial charge in [0.25, 0.3) is 0 Å². The maximum atomic E-state index is 13.0. The predicted octanol–water partition coefficient (Wildman–Crippen LogP) is 3.19. The third kappa shape index (κ3) is 2.30. The number of aliphatic hydroxyl groups is 1. The van der Waals surface area contributed by atoms with E-state index >= 15 is 0 Å². The van der Waals surface area contributed by atoms with Crippen LogP contribution in [0.2, 0.25) is 0 Å². The molecule has 1 atom stereocenters. The Hall–Kier alpha value is -2.17. The smallest absolute Gasteiger partial charge is 0.212 e. The molecule has 3 nitrogen and oxygen atoms in total. The monoisotopic (exact) mass is 312 g/mol. The standard InChI is InChI=1S/C18H16O3S/c19-18(22(20,21)16-11-5-2-6-12-16)14-8-7-13-17(18)15-9-3-1-4-10-15/h1-13,19H,14H2. The normalized spacial score (nSPS) is 21.4. The van der Waals surface area contributed by atoms with E-state index in [0.29, 0.717) is 11.1 Å². The van der Waals surface area contributed by atoms with Gasteiger partial charge in [-0.25, -0.2) is 8.42 Å². The van der Waals surface area contributed by atoms with Gasteiger partial charge in [0.2, 0.25) is 9.84 Å². The van der Waals surface area contributed by atoms with Crippen LogP contribution in [0.15, 0.2) is 83.8 Å². The molecule has 1 unspecified atom stereocenters. The Morgan fingerprint density at radius 3 is 2.14 bits per heavy atom. The second kappa shape index (κ2) is 5.55. The van der Waals surface area contributed by atoms with Crippen molar-refractivity contribution in [2.45, 2.75) is 16.2 Å². The molecule has 0 saturated carbocycles. The second-order valence-corrected chi connectivity index (χ2v) is 7.33. The van der Waals surface area contributed by atoms with Crippen molar-refractivity contribution in [1.82, 2.24) is 0 Å². The van der Waals surface area contributed by atoms with Crippen LogP contribution in [0.4, 0.5) is 0 Å². The molecule has 1 N–H and O–H groups in total. The zero-order valence-electron chi connectivity index (χ0n) is 11.9. The average molecular weight is 312 g/mol. The summed E-state index contributed by atoms with van der Waals surface area (Å²) in [5, 5.41) is 11.1. The Balaban J connectivity index is 2.16. The molecule has 0 fully saturated rings. The third-order valence-corrected chi connectivity index (χ3v) is 5.97. The SMILES string of the molecule is O=S(=O)(c1ccccc1)C1(O)CC=CC=C1c1ccccc1. The van der Waals surface area contributed by atoms with E-state index in [4.69, 9.17) is 0 Å². The van der Waals surface area contributed by atoms with Gasteiger partial charge in [0.15, 0.2) is 4.93 Å². The molecule has 0 heterocycles. The molecule has 0 radical (unpaired) electrons. The Morgan fingerprint density at radius 1 is 0.909 bits per heavy atom. The van der Waals surface area contributed by atoms with Crippen molar-refractivity contribution in [3.8, 4) is 0 Å². The van der Waals surface area contributed by atoms with Crippen molar-refractivity contribution in [2.75, 3.05) is 0 Å². The molecule has 2 aromatic rings. The molecule has 2 aromatic carbocycles. The fourth-order valence-corrected chi connectivity index (χ4v) is 4.32. The second-order valence-electron chi connectivity index (χ2n) is 5.18. The lowest BCUT2D eigenvalue weighted by atomic mass is 9.94. The first kappa shape index (κ1) is 14.8. The van der Waals surface area contributed by atoms with Crippen molar-refractivity contribution in [3.63, 3.8) is 0 Å². The highest BCUT2D eigenvalue weighted by Crippen LogP contribution is 2.40. The Labute approximate surface area is 130 Å². The summed E-state index contributed by atoms with van der Waals surface area (Å²) >= 11 is 0. The minimum absolute atomic E-state index is 0.0327. The van der Waals surface area contributed by atoms with Crippen LogP contribution in [0.3, 0.4) is 0 Å². The molecular weight excluding hydrogens is 296 g/mol. The fourth-order valence-electron chi connectivity index (χ4n) is 2.62. The van der Waals surface area contributed by atoms with Crippen LogP contribution in [0.1, 0.15) is 12.0 Å². The number of hydrogen-bond acceptors (Lipinski definition) is 3. The zero-order chi connectivity index (χ0) is 15.6. The lowest BCUT2D eigenvalue weighted by molar-refractivity contribution is 0.185. The molecule has 0 bridgehead atoms. The first-order valence-corrected chi connectivity index (χ1v) is 8.49. The first-order chi connectivity index (χ1) is 10.6. The summed E-state index contributed by atoms with van der Waals surface area (Å²) in [7, 11) is -3.92. The van der Waals surface area contributed by atoms with Crippen LogP contribution in [-0.4, -0.2) is 18.5 Å². The predicted molar refractivity (Wildman–Crippen MR) is 86.8 cm³/mol. The lowest BCUT2D eigenvalue weighted by Gasteiger charge is -2.31. The molecule has 0 aromatic heterocycles. The van der Waals surface area contributed by atoms with Crippen molar-refractivity contribution >= 4 is 15.4 Å². The van der Waals surface area contributed by atoms with Crippen LogP contribution in [0.5, 0.6) is 0 Å². The molecule has 1 aliphatic rings. The first-order valence-electron chi connectivity index (χ1n) is 7.00. The Kier molecular flexibility index (Phi) is 3.72. The van der Waals surface area contributed by atoms with Crippen molar-refractivity contribution in [3.05, 3.63) is 84.5 Å². The van der Waals surface area contributed by atoms with Crippen molar-refractivity contribution in [2.24, 2.45) is 0 Å². The van der Waals surface area contributed by atoms with E-state index in [-0.39, 0.29) is 11.3 Å². The molecular formula is C18H16O3S. The Bertz CT molecular complexity index is 821. The number of sulfone groups is 1. The number of benzene rings is 2. The topological polar surface area (TPSA) is 54.4 Å². The summed E-state index contributed by atoms with van der Waals surface area (Å²) in [6.45, 7) is 0. The van der Waals surface area contributed by atoms with Gasteiger partial charge in [0, 0.05) is 12.0 Å². The molecule has 4 heteroatoms. The van der Waals surface area contributed by atoms with Gasteiger partial charge in [-0.1, -0.05) is 66.8 Å². The van der Waals surface area contributed by atoms with Crippen LogP contribution in [0, 0.1) is 0 Å². The van der Waals surface area contributed by atoms with Gasteiger partial charge < -0.3 is 5.11 Å². The van der Waals surface area contributed by atoms with E-state index in [9.17, 15) is 13.5 Å². The number of rotatable bonds is 3. The van der Waals surface area contributed by atoms with Gasteiger partial charge in [-0.3, -0.25) is 0 Å². The lowest BCUT2D eigenvalue weighted by Crippen LogP contribution is -2.40. The molecule has 0 aliphatic heterocycles. The van der Waals surface area contributed by atoms with E-state index in [1.54, 1.807) is 48.6 Å². The van der Waals surface area contributed by atoms with Gasteiger partial charge >= 0.3 is 0 Å². The number of hydrogen-bond donors (Lipinski definition) is 1. The number of allylic oxidation sites excluding steroid dienone is 2. The van der Waals surface area contributed by atoms with E-state index in [2.05, 4.69) is 0 Å². The van der Waals surface area contributed by atoms with Crippen LogP contribution < -0.4 is 0 Å². The van der Waals surface area contributed by atoms with Crippen LogP contribution >= 0.6 is 0 Å². The zero-order valence-corrected chi connectivity index (χ0v) is 12.7. The highest BCUT2D eigenvalue weighted by molar-refractivity contribution is 7.93. The fraction of sp³-hybridized carbons (Fsp3) is 0.111. The summed E-state index contributed by atoms with van der Waals surface area (Å²) in [6, 6.07) is 17.2. The van der Waals surface area contributed by atoms with E-state index < -0.39 is 14.8 Å². The quantitative estimate of drug-likeness (QED) is 0.947. The van der Waals surface area contributed by atoms with E-state index in [1.807, 2.05) is 18.2 Å². The summed E-state index contributed by atoms with van der Waals surface area (Å²) < 4.78 is 25.9. The van der Waals surface area contributed by atoms with Crippen molar-refractivity contribution in [1.29, 1.82) is 0 Å². The maximum Gasteiger partial charge on any atom is 0.212 e. The largest absolute Gasteiger partial charge is 0.370 e. The highest BCUT2D eigenvalue weighted by atomic mass is 32.2. The van der Waals surface area contributed by atoms with E-state index in [0.717, 1.165) is 0 Å². The van der Waals surface area contributed by atoms with Crippen LogP contribution in [0.25, 0.3) is 5.57 Å². The minimum Gasteiger partial charge on any atom is -0.370 e. The summed E-state index contributed by atoms with van der Waals surface area (Å²) in [5.41, 5.74) is 1.10. The van der Waals surface area contributed by atoms with E-state index in [1.165, 1.54) is 12.1 Å². The summed E-state index contributed by atoms with van der Waals surface area (Å²) in [4.78, 5) is -1.83. The van der Waals surface area contributed by atoms with Crippen molar-refractivity contribution < 1.29 is 13.5 Å². The van der Waals surface area contributed by atoms with Gasteiger partial charge in [0.05, 0.1) is 4.90 Å². The van der Waals surface area contributed by atoms with Gasteiger partial charge in [-0.15, -0.1) is 0 Å². The summed E-state index contributed by atoms with van der Waals surface area (Å²) in [5.74, 6) is 0. The van der Waals surface area contributed by atoms with Crippen LogP contribution in [-0.2, 0) is 9.84 Å². The minimum atomic E-state index is -3.92. The Morgan fingerprint density at radius 2 is 1.50 bits per heavy atom. The maximum absolute atomic E-state index is 13.0. The molecule has 22 heavy (non-hydrogen) atoms. The molecule has 0 saturated heterocycles.